The highest BCUT2D eigenvalue weighted by Gasteiger charge is 2.54. The number of para-hydroxylation sites is 1. The highest BCUT2D eigenvalue weighted by Crippen LogP contribution is 2.50. The van der Waals surface area contributed by atoms with E-state index < -0.39 is 0 Å². The number of fused-ring (bicyclic) bond motifs is 5. The molecule has 2 fully saturated rings. The van der Waals surface area contributed by atoms with Gasteiger partial charge < -0.3 is 9.80 Å². The van der Waals surface area contributed by atoms with Gasteiger partial charge in [-0.15, -0.1) is 0 Å². The summed E-state index contributed by atoms with van der Waals surface area (Å²) < 4.78 is 0. The summed E-state index contributed by atoms with van der Waals surface area (Å²) in [7, 11) is 2.13. The molecule has 0 N–H and O–H groups in total. The van der Waals surface area contributed by atoms with Crippen molar-refractivity contribution in [3.05, 3.63) is 29.8 Å². The molecule has 2 bridgehead atoms. The second-order valence-corrected chi connectivity index (χ2v) is 7.51. The van der Waals surface area contributed by atoms with Gasteiger partial charge in [0.25, 0.3) is 5.91 Å². The van der Waals surface area contributed by atoms with Crippen molar-refractivity contribution < 1.29 is 4.79 Å². The van der Waals surface area contributed by atoms with Gasteiger partial charge in [-0.1, -0.05) is 19.1 Å². The second kappa shape index (κ2) is 4.25. The van der Waals surface area contributed by atoms with Gasteiger partial charge in [-0.25, -0.2) is 0 Å². The van der Waals surface area contributed by atoms with Crippen LogP contribution in [0.15, 0.2) is 24.3 Å². The van der Waals surface area contributed by atoms with Crippen molar-refractivity contribution in [3.63, 3.8) is 0 Å². The van der Waals surface area contributed by atoms with Gasteiger partial charge in [0, 0.05) is 25.3 Å². The summed E-state index contributed by atoms with van der Waals surface area (Å²) >= 11 is 0. The first-order chi connectivity index (χ1) is 10.0. The first kappa shape index (κ1) is 13.2. The highest BCUT2D eigenvalue weighted by molar-refractivity contribution is 6.01. The van der Waals surface area contributed by atoms with Gasteiger partial charge in [-0.2, -0.15) is 0 Å². The minimum Gasteiger partial charge on any atom is -0.372 e. The minimum absolute atomic E-state index is 0.0246. The van der Waals surface area contributed by atoms with E-state index in [-0.39, 0.29) is 11.4 Å². The van der Waals surface area contributed by atoms with E-state index in [0.29, 0.717) is 12.0 Å². The summed E-state index contributed by atoms with van der Waals surface area (Å²) in [6, 6.07) is 8.52. The molecule has 1 saturated carbocycles. The van der Waals surface area contributed by atoms with Crippen molar-refractivity contribution in [1.29, 1.82) is 0 Å². The topological polar surface area (TPSA) is 23.6 Å². The summed E-state index contributed by atoms with van der Waals surface area (Å²) in [4.78, 5) is 17.8. The van der Waals surface area contributed by atoms with E-state index in [1.54, 1.807) is 0 Å². The largest absolute Gasteiger partial charge is 0.372 e. The Morgan fingerprint density at radius 2 is 2.00 bits per heavy atom. The lowest BCUT2D eigenvalue weighted by Crippen LogP contribution is -2.62. The Bertz CT molecular complexity index is 599. The van der Waals surface area contributed by atoms with Crippen molar-refractivity contribution in [2.75, 3.05) is 18.5 Å². The van der Waals surface area contributed by atoms with Gasteiger partial charge >= 0.3 is 0 Å². The molecule has 3 nitrogen and oxygen atoms in total. The molecule has 3 heteroatoms. The van der Waals surface area contributed by atoms with E-state index in [2.05, 4.69) is 36.8 Å². The Hall–Kier alpha value is -1.51. The van der Waals surface area contributed by atoms with E-state index in [1.807, 2.05) is 18.2 Å². The molecule has 1 aliphatic carbocycles. The monoisotopic (exact) mass is 284 g/mol. The molecular formula is C18H24N2O. The Labute approximate surface area is 126 Å². The Morgan fingerprint density at radius 3 is 2.81 bits per heavy atom. The summed E-state index contributed by atoms with van der Waals surface area (Å²) in [6.07, 6.45) is 3.62. The number of rotatable bonds is 0. The average molecular weight is 284 g/mol. The number of anilines is 1. The zero-order valence-corrected chi connectivity index (χ0v) is 13.2. The second-order valence-electron chi connectivity index (χ2n) is 7.51. The summed E-state index contributed by atoms with van der Waals surface area (Å²) in [5, 5.41) is 0. The van der Waals surface area contributed by atoms with Crippen LogP contribution in [0.5, 0.6) is 0 Å². The molecule has 2 aliphatic heterocycles. The normalized spacial score (nSPS) is 38.0. The third kappa shape index (κ3) is 1.69. The number of piperidine rings is 1. The SMILES string of the molecule is C[C@H]1C2CC[C@H]1C[C@@]1(C)CN(C)c3ccccc3C(=O)N21. The molecule has 1 saturated heterocycles. The summed E-state index contributed by atoms with van der Waals surface area (Å²) in [6.45, 7) is 5.58. The quantitative estimate of drug-likeness (QED) is 0.730. The van der Waals surface area contributed by atoms with Crippen LogP contribution in [0, 0.1) is 11.8 Å². The zero-order valence-electron chi connectivity index (χ0n) is 13.2. The van der Waals surface area contributed by atoms with Gasteiger partial charge in [-0.05, 0) is 50.2 Å². The van der Waals surface area contributed by atoms with Crippen LogP contribution in [-0.2, 0) is 0 Å². The molecule has 1 aromatic rings. The molecule has 1 aromatic carbocycles. The standard InChI is InChI=1S/C18H24N2O/c1-12-13-8-9-15(12)20-17(21)14-6-4-5-7-16(14)19(3)11-18(20,2)10-13/h4-7,12-13,15H,8-11H2,1-3H3/t12-,13+,15?,18+/m1/s1. The van der Waals surface area contributed by atoms with Crippen LogP contribution in [0.1, 0.15) is 43.5 Å². The number of amides is 1. The maximum atomic E-state index is 13.3. The van der Waals surface area contributed by atoms with Gasteiger partial charge in [0.05, 0.1) is 11.1 Å². The van der Waals surface area contributed by atoms with Gasteiger partial charge in [0.15, 0.2) is 0 Å². The van der Waals surface area contributed by atoms with Crippen LogP contribution < -0.4 is 4.90 Å². The van der Waals surface area contributed by atoms with Crippen LogP contribution in [0.4, 0.5) is 5.69 Å². The molecule has 4 atom stereocenters. The van der Waals surface area contributed by atoms with Crippen molar-refractivity contribution in [1.82, 2.24) is 4.90 Å². The van der Waals surface area contributed by atoms with E-state index in [9.17, 15) is 4.79 Å². The predicted octanol–water partition coefficient (Wildman–Crippen LogP) is 3.16. The first-order valence-corrected chi connectivity index (χ1v) is 8.15. The van der Waals surface area contributed by atoms with Crippen LogP contribution >= 0.6 is 0 Å². The maximum Gasteiger partial charge on any atom is 0.256 e. The molecule has 0 aromatic heterocycles. The molecule has 1 unspecified atom stereocenters. The van der Waals surface area contributed by atoms with E-state index in [4.69, 9.17) is 0 Å². The number of hydrogen-bond acceptors (Lipinski definition) is 2. The van der Waals surface area contributed by atoms with Gasteiger partial charge in [-0.3, -0.25) is 4.79 Å². The molecule has 1 amide bonds. The van der Waals surface area contributed by atoms with Crippen LogP contribution in [0.3, 0.4) is 0 Å². The van der Waals surface area contributed by atoms with Crippen LogP contribution in [0.25, 0.3) is 0 Å². The average Bonchev–Trinajstić information content (AvgIpc) is 2.67. The van der Waals surface area contributed by atoms with Crippen LogP contribution in [0.2, 0.25) is 0 Å². The fourth-order valence-corrected chi connectivity index (χ4v) is 5.19. The fraction of sp³-hybridized carbons (Fsp3) is 0.611. The molecule has 112 valence electrons. The Kier molecular flexibility index (Phi) is 2.66. The number of carbonyl (C=O) groups excluding carboxylic acids is 1. The van der Waals surface area contributed by atoms with Crippen molar-refractivity contribution in [2.24, 2.45) is 11.8 Å². The maximum absolute atomic E-state index is 13.3. The van der Waals surface area contributed by atoms with Crippen molar-refractivity contribution in [2.45, 2.75) is 44.7 Å². The lowest BCUT2D eigenvalue weighted by Gasteiger charge is -2.51. The third-order valence-corrected chi connectivity index (χ3v) is 6.14. The Morgan fingerprint density at radius 1 is 1.24 bits per heavy atom. The lowest BCUT2D eigenvalue weighted by molar-refractivity contribution is -0.000725. The molecule has 3 aliphatic rings. The number of hydrogen-bond donors (Lipinski definition) is 0. The highest BCUT2D eigenvalue weighted by atomic mass is 16.2. The first-order valence-electron chi connectivity index (χ1n) is 8.15. The van der Waals surface area contributed by atoms with E-state index in [0.717, 1.165) is 30.1 Å². The number of nitrogens with zero attached hydrogens (tertiary/aromatic N) is 2. The van der Waals surface area contributed by atoms with Crippen LogP contribution in [-0.4, -0.2) is 36.0 Å². The summed E-state index contributed by atoms with van der Waals surface area (Å²) in [5.74, 6) is 1.69. The molecular weight excluding hydrogens is 260 g/mol. The third-order valence-electron chi connectivity index (χ3n) is 6.14. The molecule has 0 spiro atoms. The number of benzene rings is 1. The van der Waals surface area contributed by atoms with Gasteiger partial charge in [0.1, 0.15) is 0 Å². The van der Waals surface area contributed by atoms with Crippen molar-refractivity contribution in [3.8, 4) is 0 Å². The summed E-state index contributed by atoms with van der Waals surface area (Å²) in [5.41, 5.74) is 1.94. The fourth-order valence-electron chi connectivity index (χ4n) is 5.19. The van der Waals surface area contributed by atoms with Crippen molar-refractivity contribution >= 4 is 11.6 Å². The lowest BCUT2D eigenvalue weighted by atomic mass is 9.76. The predicted molar refractivity (Wildman–Crippen MR) is 84.6 cm³/mol. The smallest absolute Gasteiger partial charge is 0.256 e. The molecule has 2 heterocycles. The van der Waals surface area contributed by atoms with E-state index >= 15 is 0 Å². The van der Waals surface area contributed by atoms with Gasteiger partial charge in [0.2, 0.25) is 0 Å². The Balaban J connectivity index is 1.86. The number of carbonyl (C=O) groups is 1. The molecule has 21 heavy (non-hydrogen) atoms. The van der Waals surface area contributed by atoms with E-state index in [1.165, 1.54) is 12.8 Å². The number of likely N-dealkylation sites (N-methyl/N-ethyl adjacent to an activating group) is 1. The molecule has 4 rings (SSSR count). The zero-order chi connectivity index (χ0) is 14.8. The minimum atomic E-state index is -0.0246. The molecule has 0 radical (unpaired) electrons.